The molecule has 0 radical (unpaired) electrons. The molecule has 3 rings (SSSR count). The molecule has 1 atom stereocenters. The van der Waals surface area contributed by atoms with Gasteiger partial charge in [0.15, 0.2) is 0 Å². The molecule has 0 saturated heterocycles. The Bertz CT molecular complexity index is 574. The highest BCUT2D eigenvalue weighted by molar-refractivity contribution is 5.72. The number of aromatic nitrogens is 2. The summed E-state index contributed by atoms with van der Waals surface area (Å²) in [6.07, 6.45) is 5.28. The van der Waals surface area contributed by atoms with Crippen LogP contribution in [-0.2, 0) is 6.42 Å². The minimum absolute atomic E-state index is 0.0785. The molecule has 18 heavy (non-hydrogen) atoms. The van der Waals surface area contributed by atoms with Crippen LogP contribution in [0.4, 0.5) is 4.39 Å². The SMILES string of the molecule is NCC1Cc2cc(F)cc(-c3cncnc3)c2O1. The highest BCUT2D eigenvalue weighted by Crippen LogP contribution is 2.38. The van der Waals surface area contributed by atoms with Crippen LogP contribution in [-0.4, -0.2) is 22.6 Å². The highest BCUT2D eigenvalue weighted by atomic mass is 19.1. The lowest BCUT2D eigenvalue weighted by molar-refractivity contribution is 0.242. The molecule has 0 saturated carbocycles. The normalized spacial score (nSPS) is 17.3. The van der Waals surface area contributed by atoms with Crippen molar-refractivity contribution < 1.29 is 9.13 Å². The van der Waals surface area contributed by atoms with Gasteiger partial charge in [0, 0.05) is 42.0 Å². The van der Waals surface area contributed by atoms with Crippen molar-refractivity contribution in [2.45, 2.75) is 12.5 Å². The number of hydrogen-bond acceptors (Lipinski definition) is 4. The topological polar surface area (TPSA) is 61.0 Å². The van der Waals surface area contributed by atoms with Gasteiger partial charge in [-0.25, -0.2) is 14.4 Å². The van der Waals surface area contributed by atoms with Crippen molar-refractivity contribution >= 4 is 0 Å². The number of fused-ring (bicyclic) bond motifs is 1. The molecule has 92 valence electrons. The Morgan fingerprint density at radius 2 is 2.11 bits per heavy atom. The van der Waals surface area contributed by atoms with Crippen LogP contribution in [0.25, 0.3) is 11.1 Å². The summed E-state index contributed by atoms with van der Waals surface area (Å²) in [6, 6.07) is 2.94. The van der Waals surface area contributed by atoms with E-state index in [0.29, 0.717) is 24.3 Å². The lowest BCUT2D eigenvalue weighted by Gasteiger charge is -2.10. The maximum atomic E-state index is 13.6. The van der Waals surface area contributed by atoms with Crippen molar-refractivity contribution in [3.05, 3.63) is 42.2 Å². The standard InChI is InChI=1S/C13H12FN3O/c14-10-1-8-2-11(4-15)18-13(8)12(3-10)9-5-16-7-17-6-9/h1,3,5-7,11H,2,4,15H2. The Morgan fingerprint density at radius 1 is 1.33 bits per heavy atom. The molecular formula is C13H12FN3O. The maximum absolute atomic E-state index is 13.6. The quantitative estimate of drug-likeness (QED) is 0.872. The van der Waals surface area contributed by atoms with E-state index in [4.69, 9.17) is 10.5 Å². The van der Waals surface area contributed by atoms with Crippen LogP contribution >= 0.6 is 0 Å². The van der Waals surface area contributed by atoms with Crippen LogP contribution in [0.3, 0.4) is 0 Å². The van der Waals surface area contributed by atoms with Crippen molar-refractivity contribution in [2.75, 3.05) is 6.54 Å². The predicted octanol–water partition coefficient (Wildman–Crippen LogP) is 1.54. The van der Waals surface area contributed by atoms with Crippen molar-refractivity contribution in [1.29, 1.82) is 0 Å². The number of hydrogen-bond donors (Lipinski definition) is 1. The number of rotatable bonds is 2. The second-order valence-corrected chi connectivity index (χ2v) is 4.25. The van der Waals surface area contributed by atoms with Gasteiger partial charge in [-0.05, 0) is 12.1 Å². The Hall–Kier alpha value is -2.01. The minimum Gasteiger partial charge on any atom is -0.488 e. The van der Waals surface area contributed by atoms with Crippen molar-refractivity contribution in [3.8, 4) is 16.9 Å². The van der Waals surface area contributed by atoms with Crippen molar-refractivity contribution in [2.24, 2.45) is 5.73 Å². The first-order valence-corrected chi connectivity index (χ1v) is 5.72. The van der Waals surface area contributed by atoms with E-state index in [-0.39, 0.29) is 11.9 Å². The van der Waals surface area contributed by atoms with E-state index >= 15 is 0 Å². The zero-order valence-electron chi connectivity index (χ0n) is 9.64. The molecule has 0 fully saturated rings. The summed E-state index contributed by atoms with van der Waals surface area (Å²) in [5, 5.41) is 0. The number of halogens is 1. The van der Waals surface area contributed by atoms with Gasteiger partial charge in [-0.1, -0.05) is 0 Å². The summed E-state index contributed by atoms with van der Waals surface area (Å²) >= 11 is 0. The summed E-state index contributed by atoms with van der Waals surface area (Å²) < 4.78 is 19.4. The zero-order chi connectivity index (χ0) is 12.5. The lowest BCUT2D eigenvalue weighted by Crippen LogP contribution is -2.24. The van der Waals surface area contributed by atoms with E-state index in [9.17, 15) is 4.39 Å². The van der Waals surface area contributed by atoms with Crippen LogP contribution in [0.15, 0.2) is 30.9 Å². The fraction of sp³-hybridized carbons (Fsp3) is 0.231. The largest absolute Gasteiger partial charge is 0.488 e. The molecule has 1 aromatic carbocycles. The summed E-state index contributed by atoms with van der Waals surface area (Å²) in [4.78, 5) is 7.88. The second kappa shape index (κ2) is 4.34. The summed E-state index contributed by atoms with van der Waals surface area (Å²) in [7, 11) is 0. The Kier molecular flexibility index (Phi) is 2.68. The van der Waals surface area contributed by atoms with E-state index in [0.717, 1.165) is 11.1 Å². The fourth-order valence-corrected chi connectivity index (χ4v) is 2.18. The predicted molar refractivity (Wildman–Crippen MR) is 64.6 cm³/mol. The molecule has 2 heterocycles. The first kappa shape index (κ1) is 11.1. The monoisotopic (exact) mass is 245 g/mol. The third-order valence-electron chi connectivity index (χ3n) is 3.00. The lowest BCUT2D eigenvalue weighted by atomic mass is 10.0. The molecule has 1 aliphatic heterocycles. The Balaban J connectivity index is 2.12. The van der Waals surface area contributed by atoms with Gasteiger partial charge in [0.25, 0.3) is 0 Å². The van der Waals surface area contributed by atoms with E-state index in [1.54, 1.807) is 12.4 Å². The van der Waals surface area contributed by atoms with Crippen LogP contribution in [0.2, 0.25) is 0 Å². The molecule has 0 aliphatic carbocycles. The van der Waals surface area contributed by atoms with Gasteiger partial charge >= 0.3 is 0 Å². The molecule has 1 aliphatic rings. The number of nitrogens with two attached hydrogens (primary N) is 1. The van der Waals surface area contributed by atoms with Crippen molar-refractivity contribution in [3.63, 3.8) is 0 Å². The molecule has 5 heteroatoms. The number of nitrogens with zero attached hydrogens (tertiary/aromatic N) is 2. The van der Waals surface area contributed by atoms with Gasteiger partial charge in [0.05, 0.1) is 0 Å². The van der Waals surface area contributed by atoms with Crippen molar-refractivity contribution in [1.82, 2.24) is 9.97 Å². The van der Waals surface area contributed by atoms with E-state index in [1.165, 1.54) is 18.5 Å². The fourth-order valence-electron chi connectivity index (χ4n) is 2.18. The van der Waals surface area contributed by atoms with Crippen LogP contribution < -0.4 is 10.5 Å². The summed E-state index contributed by atoms with van der Waals surface area (Å²) in [5.74, 6) is 0.413. The Labute approximate surface area is 104 Å². The first-order chi connectivity index (χ1) is 8.78. The molecule has 2 aromatic rings. The van der Waals surface area contributed by atoms with Gasteiger partial charge in [0.1, 0.15) is 24.0 Å². The smallest absolute Gasteiger partial charge is 0.131 e. The summed E-state index contributed by atoms with van der Waals surface area (Å²) in [5.41, 5.74) is 7.87. The Morgan fingerprint density at radius 3 is 2.83 bits per heavy atom. The average Bonchev–Trinajstić information content (AvgIpc) is 2.81. The second-order valence-electron chi connectivity index (χ2n) is 4.25. The van der Waals surface area contributed by atoms with Gasteiger partial charge in [0.2, 0.25) is 0 Å². The molecule has 0 bridgehead atoms. The molecule has 0 spiro atoms. The number of ether oxygens (including phenoxy) is 1. The maximum Gasteiger partial charge on any atom is 0.131 e. The highest BCUT2D eigenvalue weighted by Gasteiger charge is 2.26. The van der Waals surface area contributed by atoms with Crippen LogP contribution in [0, 0.1) is 5.82 Å². The zero-order valence-corrected chi connectivity index (χ0v) is 9.64. The van der Waals surface area contributed by atoms with E-state index < -0.39 is 0 Å². The van der Waals surface area contributed by atoms with E-state index in [1.807, 2.05) is 0 Å². The van der Waals surface area contributed by atoms with Gasteiger partial charge in [-0.15, -0.1) is 0 Å². The average molecular weight is 245 g/mol. The third-order valence-corrected chi connectivity index (χ3v) is 3.00. The molecule has 2 N–H and O–H groups in total. The molecule has 4 nitrogen and oxygen atoms in total. The molecule has 0 amide bonds. The summed E-state index contributed by atoms with van der Waals surface area (Å²) in [6.45, 7) is 0.418. The van der Waals surface area contributed by atoms with Crippen LogP contribution in [0.1, 0.15) is 5.56 Å². The van der Waals surface area contributed by atoms with Gasteiger partial charge in [-0.2, -0.15) is 0 Å². The minimum atomic E-state index is -0.283. The van der Waals surface area contributed by atoms with E-state index in [2.05, 4.69) is 9.97 Å². The van der Waals surface area contributed by atoms with Gasteiger partial charge < -0.3 is 10.5 Å². The van der Waals surface area contributed by atoms with Gasteiger partial charge in [-0.3, -0.25) is 0 Å². The third kappa shape index (κ3) is 1.82. The first-order valence-electron chi connectivity index (χ1n) is 5.72. The molecular weight excluding hydrogens is 233 g/mol. The van der Waals surface area contributed by atoms with Crippen LogP contribution in [0.5, 0.6) is 5.75 Å². The molecule has 1 aromatic heterocycles. The molecule has 1 unspecified atom stereocenters. The number of benzene rings is 1.